The molecule has 1 aromatic heterocycles. The molecule has 0 radical (unpaired) electrons. The van der Waals surface area contributed by atoms with Crippen molar-refractivity contribution in [2.45, 2.75) is 33.8 Å². The van der Waals surface area contributed by atoms with Crippen molar-refractivity contribution in [3.63, 3.8) is 0 Å². The summed E-state index contributed by atoms with van der Waals surface area (Å²) in [5.41, 5.74) is 5.55. The Bertz CT molecular complexity index is 359. The first-order valence-corrected chi connectivity index (χ1v) is 6.74. The third kappa shape index (κ3) is 4.87. The number of primary amides is 1. The minimum Gasteiger partial charge on any atom is -0.378 e. The summed E-state index contributed by atoms with van der Waals surface area (Å²) >= 11 is 0. The van der Waals surface area contributed by atoms with Crippen molar-refractivity contribution < 1.29 is 9.53 Å². The average molecular weight is 267 g/mol. The maximum Gasteiger partial charge on any atom is 0.250 e. The molecular formula is C14H25N3O2. The molecular weight excluding hydrogens is 242 g/mol. The van der Waals surface area contributed by atoms with Crippen LogP contribution in [-0.2, 0) is 4.74 Å². The lowest BCUT2D eigenvalue weighted by Crippen LogP contribution is -2.52. The molecule has 5 heteroatoms. The van der Waals surface area contributed by atoms with E-state index in [0.717, 1.165) is 18.9 Å². The molecule has 0 aliphatic carbocycles. The molecule has 2 heterocycles. The van der Waals surface area contributed by atoms with Crippen LogP contribution < -0.4 is 10.6 Å². The number of carbonyl (C=O) groups is 1. The number of aromatic nitrogens is 1. The summed E-state index contributed by atoms with van der Waals surface area (Å²) in [6.07, 6.45) is 1.79. The molecule has 1 fully saturated rings. The Kier molecular flexibility index (Phi) is 8.53. The van der Waals surface area contributed by atoms with Crippen LogP contribution in [0.15, 0.2) is 18.3 Å². The molecule has 19 heavy (non-hydrogen) atoms. The number of nitrogens with zero attached hydrogens (tertiary/aromatic N) is 2. The number of carbonyl (C=O) groups excluding carboxylic acids is 1. The van der Waals surface area contributed by atoms with Crippen LogP contribution in [0.25, 0.3) is 0 Å². The van der Waals surface area contributed by atoms with E-state index in [0.29, 0.717) is 11.7 Å². The van der Waals surface area contributed by atoms with Gasteiger partial charge in [0, 0.05) is 26.4 Å². The largest absolute Gasteiger partial charge is 0.378 e. The Hall–Kier alpha value is -1.62. The van der Waals surface area contributed by atoms with Crippen LogP contribution in [0.2, 0.25) is 0 Å². The second-order valence-electron chi connectivity index (χ2n) is 3.53. The minimum absolute atomic E-state index is 0.294. The highest BCUT2D eigenvalue weighted by Crippen LogP contribution is 2.19. The zero-order valence-corrected chi connectivity index (χ0v) is 12.5. The van der Waals surface area contributed by atoms with E-state index in [2.05, 4.69) is 9.88 Å². The number of nitrogens with two attached hydrogens (primary N) is 1. The average Bonchev–Trinajstić information content (AvgIpc) is 2.43. The normalized spacial score (nSPS) is 13.4. The molecule has 2 N–H and O–H groups in total. The van der Waals surface area contributed by atoms with Crippen LogP contribution >= 0.6 is 0 Å². The van der Waals surface area contributed by atoms with Gasteiger partial charge in [-0.2, -0.15) is 0 Å². The van der Waals surface area contributed by atoms with Crippen molar-refractivity contribution in [2.24, 2.45) is 5.73 Å². The first kappa shape index (κ1) is 17.4. The Morgan fingerprint density at radius 1 is 1.32 bits per heavy atom. The molecule has 1 saturated heterocycles. The summed E-state index contributed by atoms with van der Waals surface area (Å²) in [7, 11) is 1.70. The molecule has 0 bridgehead atoms. The van der Waals surface area contributed by atoms with E-state index in [1.807, 2.05) is 27.7 Å². The van der Waals surface area contributed by atoms with Crippen LogP contribution in [0, 0.1) is 0 Å². The number of anilines is 1. The number of rotatable bonds is 3. The van der Waals surface area contributed by atoms with Crippen molar-refractivity contribution >= 4 is 11.7 Å². The highest BCUT2D eigenvalue weighted by molar-refractivity contribution is 5.92. The lowest BCUT2D eigenvalue weighted by Gasteiger charge is -2.38. The van der Waals surface area contributed by atoms with Gasteiger partial charge in [-0.25, -0.2) is 4.98 Å². The first-order valence-electron chi connectivity index (χ1n) is 6.74. The highest BCUT2D eigenvalue weighted by atomic mass is 16.5. The van der Waals surface area contributed by atoms with Crippen LogP contribution in [-0.4, -0.2) is 37.2 Å². The predicted molar refractivity (Wildman–Crippen MR) is 78.5 cm³/mol. The van der Waals surface area contributed by atoms with Crippen molar-refractivity contribution in [2.75, 3.05) is 25.1 Å². The van der Waals surface area contributed by atoms with Crippen LogP contribution in [0.1, 0.15) is 38.1 Å². The van der Waals surface area contributed by atoms with Gasteiger partial charge in [-0.05, 0) is 12.1 Å². The second-order valence-corrected chi connectivity index (χ2v) is 3.53. The number of pyridine rings is 1. The minimum atomic E-state index is -0.451. The maximum absolute atomic E-state index is 10.8. The van der Waals surface area contributed by atoms with Gasteiger partial charge in [-0.1, -0.05) is 27.7 Å². The van der Waals surface area contributed by atoms with E-state index in [4.69, 9.17) is 10.5 Å². The summed E-state index contributed by atoms with van der Waals surface area (Å²) in [6.45, 7) is 9.69. The van der Waals surface area contributed by atoms with Gasteiger partial charge in [-0.3, -0.25) is 4.79 Å². The van der Waals surface area contributed by atoms with Gasteiger partial charge in [0.15, 0.2) is 0 Å². The third-order valence-electron chi connectivity index (χ3n) is 2.54. The van der Waals surface area contributed by atoms with Gasteiger partial charge < -0.3 is 15.4 Å². The van der Waals surface area contributed by atoms with Crippen LogP contribution in [0.5, 0.6) is 0 Å². The number of amides is 1. The van der Waals surface area contributed by atoms with Crippen molar-refractivity contribution in [1.82, 2.24) is 4.98 Å². The van der Waals surface area contributed by atoms with Gasteiger partial charge >= 0.3 is 0 Å². The molecule has 5 nitrogen and oxygen atoms in total. The Labute approximate surface area is 115 Å². The SMILES string of the molecule is CC.CC.COC1CN(c2ccc(C(N)=O)cn2)C1. The van der Waals surface area contributed by atoms with E-state index in [9.17, 15) is 4.79 Å². The monoisotopic (exact) mass is 267 g/mol. The summed E-state index contributed by atoms with van der Waals surface area (Å²) < 4.78 is 5.16. The van der Waals surface area contributed by atoms with E-state index in [1.165, 1.54) is 6.20 Å². The maximum atomic E-state index is 10.8. The van der Waals surface area contributed by atoms with Gasteiger partial charge in [0.1, 0.15) is 5.82 Å². The number of ether oxygens (including phenoxy) is 1. The topological polar surface area (TPSA) is 68.5 Å². The fourth-order valence-corrected chi connectivity index (χ4v) is 1.49. The van der Waals surface area contributed by atoms with Crippen molar-refractivity contribution in [1.29, 1.82) is 0 Å². The summed E-state index contributed by atoms with van der Waals surface area (Å²) in [4.78, 5) is 17.1. The van der Waals surface area contributed by atoms with E-state index < -0.39 is 5.91 Å². The first-order chi connectivity index (χ1) is 9.20. The standard InChI is InChI=1S/C10H13N3O2.2C2H6/c1-15-8-5-13(6-8)9-3-2-7(4-12-9)10(11)14;2*1-2/h2-4,8H,5-6H2,1H3,(H2,11,14);2*1-2H3. The zero-order chi connectivity index (χ0) is 14.8. The van der Waals surface area contributed by atoms with Crippen molar-refractivity contribution in [3.8, 4) is 0 Å². The van der Waals surface area contributed by atoms with E-state index in [1.54, 1.807) is 19.2 Å². The molecule has 2 rings (SSSR count). The molecule has 1 aromatic rings. The van der Waals surface area contributed by atoms with Crippen LogP contribution in [0.4, 0.5) is 5.82 Å². The zero-order valence-electron chi connectivity index (χ0n) is 12.5. The number of hydrogen-bond acceptors (Lipinski definition) is 4. The molecule has 0 aromatic carbocycles. The Morgan fingerprint density at radius 3 is 2.26 bits per heavy atom. The predicted octanol–water partition coefficient (Wildman–Crippen LogP) is 2.07. The molecule has 0 unspecified atom stereocenters. The fourth-order valence-electron chi connectivity index (χ4n) is 1.49. The molecule has 0 atom stereocenters. The Balaban J connectivity index is 0.000000741. The summed E-state index contributed by atoms with van der Waals surface area (Å²) in [6, 6.07) is 3.48. The Morgan fingerprint density at radius 2 is 1.89 bits per heavy atom. The second kappa shape index (κ2) is 9.33. The molecule has 1 aliphatic rings. The fraction of sp³-hybridized carbons (Fsp3) is 0.571. The van der Waals surface area contributed by atoms with E-state index in [-0.39, 0.29) is 0 Å². The summed E-state index contributed by atoms with van der Waals surface area (Å²) in [5.74, 6) is 0.403. The van der Waals surface area contributed by atoms with Crippen molar-refractivity contribution in [3.05, 3.63) is 23.9 Å². The number of hydrogen-bond donors (Lipinski definition) is 1. The molecule has 0 saturated carbocycles. The smallest absolute Gasteiger partial charge is 0.250 e. The van der Waals surface area contributed by atoms with Gasteiger partial charge in [0.2, 0.25) is 5.91 Å². The van der Waals surface area contributed by atoms with Gasteiger partial charge in [0.25, 0.3) is 0 Å². The molecule has 1 amide bonds. The molecule has 108 valence electrons. The third-order valence-corrected chi connectivity index (χ3v) is 2.54. The van der Waals surface area contributed by atoms with Gasteiger partial charge in [0.05, 0.1) is 11.7 Å². The highest BCUT2D eigenvalue weighted by Gasteiger charge is 2.27. The van der Waals surface area contributed by atoms with Crippen LogP contribution in [0.3, 0.4) is 0 Å². The quantitative estimate of drug-likeness (QED) is 0.910. The molecule has 0 spiro atoms. The summed E-state index contributed by atoms with van der Waals surface area (Å²) in [5, 5.41) is 0. The molecule has 1 aliphatic heterocycles. The lowest BCUT2D eigenvalue weighted by atomic mass is 10.1. The van der Waals surface area contributed by atoms with E-state index >= 15 is 0 Å². The number of methoxy groups -OCH3 is 1. The van der Waals surface area contributed by atoms with Gasteiger partial charge in [-0.15, -0.1) is 0 Å². The lowest BCUT2D eigenvalue weighted by molar-refractivity contribution is 0.0783.